The minimum atomic E-state index is 0.998. The van der Waals surface area contributed by atoms with Gasteiger partial charge >= 0.3 is 0 Å². The van der Waals surface area contributed by atoms with Crippen molar-refractivity contribution in [3.05, 3.63) is 83.6 Å². The number of fused-ring (bicyclic) bond motifs is 1. The number of aryl methyl sites for hydroxylation is 1. The Kier molecular flexibility index (Phi) is 4.53. The van der Waals surface area contributed by atoms with Crippen molar-refractivity contribution >= 4 is 22.6 Å². The molecule has 0 saturated carbocycles. The van der Waals surface area contributed by atoms with Crippen LogP contribution in [0, 0.1) is 6.92 Å². The quantitative estimate of drug-likeness (QED) is 0.690. The predicted octanol–water partition coefficient (Wildman–Crippen LogP) is 5.28. The number of nitrogens with zero attached hydrogens (tertiary/aromatic N) is 1. The van der Waals surface area contributed by atoms with Gasteiger partial charge in [-0.05, 0) is 41.7 Å². The van der Waals surface area contributed by atoms with E-state index in [0.29, 0.717) is 0 Å². The summed E-state index contributed by atoms with van der Waals surface area (Å²) in [5, 5.41) is 1.34. The van der Waals surface area contributed by atoms with Gasteiger partial charge in [-0.2, -0.15) is 0 Å². The normalized spacial score (nSPS) is 15.8. The summed E-state index contributed by atoms with van der Waals surface area (Å²) in [6.07, 6.45) is 10.2. The van der Waals surface area contributed by atoms with E-state index in [9.17, 15) is 0 Å². The van der Waals surface area contributed by atoms with Crippen LogP contribution in [0.25, 0.3) is 22.6 Å². The highest BCUT2D eigenvalue weighted by Crippen LogP contribution is 2.24. The molecule has 2 heteroatoms. The number of H-pyrrole nitrogens is 1. The first-order chi connectivity index (χ1) is 12.3. The molecular weight excluding hydrogens is 304 g/mol. The van der Waals surface area contributed by atoms with Crippen molar-refractivity contribution in [3.63, 3.8) is 0 Å². The van der Waals surface area contributed by atoms with Crippen LogP contribution in [0.5, 0.6) is 0 Å². The van der Waals surface area contributed by atoms with E-state index in [1.54, 1.807) is 0 Å². The van der Waals surface area contributed by atoms with Gasteiger partial charge in [0.1, 0.15) is 0 Å². The second-order valence-electron chi connectivity index (χ2n) is 6.75. The summed E-state index contributed by atoms with van der Waals surface area (Å²) >= 11 is 0. The summed E-state index contributed by atoms with van der Waals surface area (Å²) in [7, 11) is 0. The van der Waals surface area contributed by atoms with Crippen LogP contribution in [0.1, 0.15) is 23.1 Å². The first-order valence-corrected chi connectivity index (χ1v) is 9.01. The van der Waals surface area contributed by atoms with Crippen LogP contribution < -0.4 is 0 Å². The topological polar surface area (TPSA) is 19.0 Å². The SMILES string of the molecule is Cc1c[nH]c2cccc(C=CCN3CC=C(c4ccccc4)CC3)c12. The molecule has 0 bridgehead atoms. The summed E-state index contributed by atoms with van der Waals surface area (Å²) in [5.74, 6) is 0. The van der Waals surface area contributed by atoms with Crippen LogP contribution in [0.2, 0.25) is 0 Å². The lowest BCUT2D eigenvalue weighted by Crippen LogP contribution is -2.28. The Morgan fingerprint density at radius 2 is 1.96 bits per heavy atom. The highest BCUT2D eigenvalue weighted by molar-refractivity contribution is 5.91. The third-order valence-corrected chi connectivity index (χ3v) is 5.03. The molecule has 0 spiro atoms. The lowest BCUT2D eigenvalue weighted by molar-refractivity contribution is 0.335. The van der Waals surface area contributed by atoms with E-state index in [1.165, 1.54) is 33.2 Å². The summed E-state index contributed by atoms with van der Waals surface area (Å²) in [4.78, 5) is 5.83. The minimum Gasteiger partial charge on any atom is -0.361 e. The standard InChI is InChI=1S/C23H24N2/c1-18-17-24-22-11-5-9-21(23(18)22)10-6-14-25-15-12-20(13-16-25)19-7-3-2-4-8-19/h2-12,17,24H,13-16H2,1H3. The van der Waals surface area contributed by atoms with Crippen molar-refractivity contribution in [1.82, 2.24) is 9.88 Å². The van der Waals surface area contributed by atoms with Gasteiger partial charge in [0.15, 0.2) is 0 Å². The fourth-order valence-electron chi connectivity index (χ4n) is 3.65. The Bertz CT molecular complexity index is 916. The molecule has 0 fully saturated rings. The van der Waals surface area contributed by atoms with Crippen LogP contribution in [-0.4, -0.2) is 29.5 Å². The first-order valence-electron chi connectivity index (χ1n) is 9.01. The van der Waals surface area contributed by atoms with E-state index in [4.69, 9.17) is 0 Å². The molecule has 0 aliphatic carbocycles. The van der Waals surface area contributed by atoms with E-state index < -0.39 is 0 Å². The lowest BCUT2D eigenvalue weighted by Gasteiger charge is -2.25. The largest absolute Gasteiger partial charge is 0.361 e. The third-order valence-electron chi connectivity index (χ3n) is 5.03. The zero-order valence-electron chi connectivity index (χ0n) is 14.7. The number of aromatic nitrogens is 1. The Hall–Kier alpha value is -2.58. The molecule has 0 atom stereocenters. The van der Waals surface area contributed by atoms with Gasteiger partial charge in [0.2, 0.25) is 0 Å². The van der Waals surface area contributed by atoms with Crippen LogP contribution in [0.3, 0.4) is 0 Å². The number of nitrogens with one attached hydrogen (secondary N) is 1. The Labute approximate surface area is 149 Å². The van der Waals surface area contributed by atoms with E-state index >= 15 is 0 Å². The molecule has 0 amide bonds. The van der Waals surface area contributed by atoms with Crippen molar-refractivity contribution in [2.75, 3.05) is 19.6 Å². The average Bonchev–Trinajstić information content (AvgIpc) is 3.05. The Balaban J connectivity index is 1.41. The Morgan fingerprint density at radius 3 is 2.76 bits per heavy atom. The monoisotopic (exact) mass is 328 g/mol. The van der Waals surface area contributed by atoms with Crippen molar-refractivity contribution in [1.29, 1.82) is 0 Å². The molecule has 126 valence electrons. The molecule has 1 aliphatic rings. The minimum absolute atomic E-state index is 0.998. The molecule has 1 aliphatic heterocycles. The smallest absolute Gasteiger partial charge is 0.0462 e. The summed E-state index contributed by atoms with van der Waals surface area (Å²) in [6, 6.07) is 17.2. The van der Waals surface area contributed by atoms with Crippen LogP contribution in [-0.2, 0) is 0 Å². The summed E-state index contributed by atoms with van der Waals surface area (Å²) in [5.41, 5.74) is 6.67. The van der Waals surface area contributed by atoms with E-state index in [2.05, 4.69) is 89.8 Å². The van der Waals surface area contributed by atoms with Crippen LogP contribution in [0.15, 0.2) is 66.9 Å². The molecule has 3 aromatic rings. The highest BCUT2D eigenvalue weighted by Gasteiger charge is 2.11. The maximum Gasteiger partial charge on any atom is 0.0462 e. The number of hydrogen-bond acceptors (Lipinski definition) is 1. The molecule has 0 radical (unpaired) electrons. The van der Waals surface area contributed by atoms with Gasteiger partial charge in [-0.3, -0.25) is 4.90 Å². The number of hydrogen-bond donors (Lipinski definition) is 1. The molecule has 1 N–H and O–H groups in total. The van der Waals surface area contributed by atoms with Crippen molar-refractivity contribution in [3.8, 4) is 0 Å². The second kappa shape index (κ2) is 7.12. The van der Waals surface area contributed by atoms with E-state index in [0.717, 1.165) is 26.1 Å². The number of aromatic amines is 1. The molecule has 2 aromatic carbocycles. The van der Waals surface area contributed by atoms with Crippen LogP contribution in [0.4, 0.5) is 0 Å². The first kappa shape index (κ1) is 15.9. The molecule has 2 nitrogen and oxygen atoms in total. The van der Waals surface area contributed by atoms with Gasteiger partial charge in [-0.25, -0.2) is 0 Å². The third kappa shape index (κ3) is 3.45. The predicted molar refractivity (Wildman–Crippen MR) is 108 cm³/mol. The van der Waals surface area contributed by atoms with Gasteiger partial charge < -0.3 is 4.98 Å². The van der Waals surface area contributed by atoms with Gasteiger partial charge in [-0.15, -0.1) is 0 Å². The van der Waals surface area contributed by atoms with E-state index in [-0.39, 0.29) is 0 Å². The lowest BCUT2D eigenvalue weighted by atomic mass is 9.99. The second-order valence-corrected chi connectivity index (χ2v) is 6.75. The number of rotatable bonds is 4. The van der Waals surface area contributed by atoms with Gasteiger partial charge in [0, 0.05) is 36.7 Å². The zero-order chi connectivity index (χ0) is 17.1. The Morgan fingerprint density at radius 1 is 1.08 bits per heavy atom. The maximum absolute atomic E-state index is 3.34. The fraction of sp³-hybridized carbons (Fsp3) is 0.217. The molecule has 1 aromatic heterocycles. The molecule has 25 heavy (non-hydrogen) atoms. The average molecular weight is 328 g/mol. The molecule has 0 saturated heterocycles. The molecule has 2 heterocycles. The summed E-state index contributed by atoms with van der Waals surface area (Å²) < 4.78 is 0. The van der Waals surface area contributed by atoms with Crippen molar-refractivity contribution < 1.29 is 0 Å². The summed E-state index contributed by atoms with van der Waals surface area (Å²) in [6.45, 7) is 5.32. The molecule has 0 unspecified atom stereocenters. The zero-order valence-corrected chi connectivity index (χ0v) is 14.7. The van der Waals surface area contributed by atoms with Gasteiger partial charge in [0.25, 0.3) is 0 Å². The molecular formula is C23H24N2. The number of benzene rings is 2. The highest BCUT2D eigenvalue weighted by atomic mass is 15.1. The van der Waals surface area contributed by atoms with Crippen LogP contribution >= 0.6 is 0 Å². The fourth-order valence-corrected chi connectivity index (χ4v) is 3.65. The van der Waals surface area contributed by atoms with Crippen molar-refractivity contribution in [2.45, 2.75) is 13.3 Å². The van der Waals surface area contributed by atoms with Gasteiger partial charge in [-0.1, -0.05) is 60.7 Å². The van der Waals surface area contributed by atoms with Crippen molar-refractivity contribution in [2.24, 2.45) is 0 Å². The van der Waals surface area contributed by atoms with Gasteiger partial charge in [0.05, 0.1) is 0 Å². The maximum atomic E-state index is 3.34. The van der Waals surface area contributed by atoms with E-state index in [1.807, 2.05) is 0 Å². The molecule has 4 rings (SSSR count).